The van der Waals surface area contributed by atoms with Crippen molar-refractivity contribution in [3.8, 4) is 6.07 Å². The molecule has 0 saturated carbocycles. The van der Waals surface area contributed by atoms with Crippen molar-refractivity contribution in [1.29, 1.82) is 5.26 Å². The van der Waals surface area contributed by atoms with Crippen molar-refractivity contribution in [2.24, 2.45) is 0 Å². The minimum Gasteiger partial charge on any atom is -0.308 e. The molecule has 1 saturated heterocycles. The van der Waals surface area contributed by atoms with E-state index in [1.165, 1.54) is 0 Å². The van der Waals surface area contributed by atoms with Gasteiger partial charge in [-0.25, -0.2) is 0 Å². The zero-order chi connectivity index (χ0) is 15.9. The first kappa shape index (κ1) is 16.9. The number of nitriles is 1. The lowest BCUT2D eigenvalue weighted by Gasteiger charge is -2.35. The van der Waals surface area contributed by atoms with E-state index in [2.05, 4.69) is 39.8 Å². The average molecular weight is 301 g/mol. The molecule has 2 heterocycles. The Bertz CT molecular complexity index is 512. The molecule has 22 heavy (non-hydrogen) atoms. The number of hydrogen-bond acceptors (Lipinski definition) is 5. The van der Waals surface area contributed by atoms with Gasteiger partial charge in [-0.3, -0.25) is 14.8 Å². The average Bonchev–Trinajstić information content (AvgIpc) is 2.54. The molecule has 0 bridgehead atoms. The highest BCUT2D eigenvalue weighted by Gasteiger charge is 2.17. The molecular weight excluding hydrogens is 274 g/mol. The molecule has 0 radical (unpaired) electrons. The minimum absolute atomic E-state index is 0.726. The third-order valence-corrected chi connectivity index (χ3v) is 4.22. The summed E-state index contributed by atoms with van der Waals surface area (Å²) in [7, 11) is 4.24. The first-order valence-corrected chi connectivity index (χ1v) is 8.09. The second-order valence-corrected chi connectivity index (χ2v) is 6.22. The number of pyridine rings is 1. The van der Waals surface area contributed by atoms with Crippen LogP contribution in [-0.2, 0) is 13.0 Å². The Morgan fingerprint density at radius 2 is 1.91 bits per heavy atom. The molecule has 0 spiro atoms. The van der Waals surface area contributed by atoms with Gasteiger partial charge in [0.15, 0.2) is 0 Å². The van der Waals surface area contributed by atoms with E-state index in [0.717, 1.165) is 69.1 Å². The van der Waals surface area contributed by atoms with Crippen LogP contribution in [0.4, 0.5) is 0 Å². The van der Waals surface area contributed by atoms with Crippen molar-refractivity contribution in [3.05, 3.63) is 29.1 Å². The van der Waals surface area contributed by atoms with Gasteiger partial charge < -0.3 is 4.90 Å². The van der Waals surface area contributed by atoms with Crippen LogP contribution in [0, 0.1) is 11.3 Å². The Hall–Kier alpha value is -1.48. The fraction of sp³-hybridized carbons (Fsp3) is 0.647. The second-order valence-electron chi connectivity index (χ2n) is 6.22. The molecule has 1 fully saturated rings. The van der Waals surface area contributed by atoms with E-state index in [1.54, 1.807) is 0 Å². The van der Waals surface area contributed by atoms with Gasteiger partial charge in [-0.1, -0.05) is 6.92 Å². The molecule has 1 aliphatic heterocycles. The fourth-order valence-electron chi connectivity index (χ4n) is 2.77. The van der Waals surface area contributed by atoms with Crippen molar-refractivity contribution in [3.63, 3.8) is 0 Å². The number of aryl methyl sites for hydroxylation is 1. The van der Waals surface area contributed by atoms with Crippen LogP contribution in [0.5, 0.6) is 0 Å². The highest BCUT2D eigenvalue weighted by atomic mass is 15.3. The van der Waals surface area contributed by atoms with Crippen LogP contribution in [0.2, 0.25) is 0 Å². The summed E-state index contributed by atoms with van der Waals surface area (Å²) in [6, 6.07) is 4.27. The molecule has 5 heteroatoms. The Morgan fingerprint density at radius 1 is 1.23 bits per heavy atom. The van der Waals surface area contributed by atoms with Crippen molar-refractivity contribution in [2.45, 2.75) is 19.9 Å². The smallest absolute Gasteiger partial charge is 0.101 e. The summed E-state index contributed by atoms with van der Waals surface area (Å²) < 4.78 is 0. The van der Waals surface area contributed by atoms with Crippen LogP contribution in [0.25, 0.3) is 0 Å². The summed E-state index contributed by atoms with van der Waals surface area (Å²) in [6.45, 7) is 9.62. The summed E-state index contributed by atoms with van der Waals surface area (Å²) in [5.41, 5.74) is 2.78. The molecule has 0 aromatic carbocycles. The molecule has 1 aromatic heterocycles. The highest BCUT2D eigenvalue weighted by molar-refractivity contribution is 5.35. The van der Waals surface area contributed by atoms with E-state index in [1.807, 2.05) is 19.2 Å². The fourth-order valence-corrected chi connectivity index (χ4v) is 2.77. The van der Waals surface area contributed by atoms with Gasteiger partial charge in [0, 0.05) is 52.0 Å². The molecule has 0 amide bonds. The Kier molecular flexibility index (Phi) is 6.32. The maximum atomic E-state index is 9.20. The number of piperazine rings is 1. The van der Waals surface area contributed by atoms with Crippen molar-refractivity contribution in [2.75, 3.05) is 53.4 Å². The summed E-state index contributed by atoms with van der Waals surface area (Å²) in [4.78, 5) is 11.6. The predicted molar refractivity (Wildman–Crippen MR) is 88.6 cm³/mol. The molecule has 0 N–H and O–H groups in total. The van der Waals surface area contributed by atoms with Crippen molar-refractivity contribution >= 4 is 0 Å². The maximum Gasteiger partial charge on any atom is 0.101 e. The lowest BCUT2D eigenvalue weighted by Crippen LogP contribution is -2.47. The van der Waals surface area contributed by atoms with Crippen LogP contribution in [0.3, 0.4) is 0 Å². The summed E-state index contributed by atoms with van der Waals surface area (Å²) in [5, 5.41) is 9.20. The van der Waals surface area contributed by atoms with Gasteiger partial charge in [0.05, 0.1) is 11.3 Å². The first-order chi connectivity index (χ1) is 10.6. The van der Waals surface area contributed by atoms with E-state index in [0.29, 0.717) is 0 Å². The van der Waals surface area contributed by atoms with Gasteiger partial charge in [-0.2, -0.15) is 5.26 Å². The van der Waals surface area contributed by atoms with Crippen molar-refractivity contribution < 1.29 is 0 Å². The lowest BCUT2D eigenvalue weighted by molar-refractivity contribution is 0.120. The molecule has 5 nitrogen and oxygen atoms in total. The zero-order valence-electron chi connectivity index (χ0n) is 14.0. The number of aromatic nitrogens is 1. The van der Waals surface area contributed by atoms with Gasteiger partial charge >= 0.3 is 0 Å². The molecule has 1 aliphatic rings. The van der Waals surface area contributed by atoms with E-state index in [-0.39, 0.29) is 0 Å². The van der Waals surface area contributed by atoms with Gasteiger partial charge in [0.25, 0.3) is 0 Å². The monoisotopic (exact) mass is 301 g/mol. The maximum absolute atomic E-state index is 9.20. The highest BCUT2D eigenvalue weighted by Crippen LogP contribution is 2.12. The van der Waals surface area contributed by atoms with E-state index in [4.69, 9.17) is 0 Å². The summed E-state index contributed by atoms with van der Waals surface area (Å²) in [5.74, 6) is 0. The van der Waals surface area contributed by atoms with Crippen LogP contribution < -0.4 is 0 Å². The minimum atomic E-state index is 0.726. The largest absolute Gasteiger partial charge is 0.308 e. The molecule has 0 aliphatic carbocycles. The first-order valence-electron chi connectivity index (χ1n) is 8.09. The quantitative estimate of drug-likeness (QED) is 0.790. The normalized spacial score (nSPS) is 16.9. The molecule has 0 unspecified atom stereocenters. The van der Waals surface area contributed by atoms with E-state index < -0.39 is 0 Å². The number of likely N-dealkylation sites (N-methyl/N-ethyl adjacent to an activating group) is 1. The van der Waals surface area contributed by atoms with E-state index >= 15 is 0 Å². The third kappa shape index (κ3) is 4.77. The van der Waals surface area contributed by atoms with Gasteiger partial charge in [0.1, 0.15) is 6.07 Å². The molecule has 0 atom stereocenters. The molecule has 2 rings (SSSR count). The van der Waals surface area contributed by atoms with Crippen molar-refractivity contribution in [1.82, 2.24) is 19.7 Å². The predicted octanol–water partition coefficient (Wildman–Crippen LogP) is 1.19. The number of hydrogen-bond donors (Lipinski definition) is 0. The number of nitrogens with zero attached hydrogens (tertiary/aromatic N) is 5. The van der Waals surface area contributed by atoms with Crippen LogP contribution in [-0.4, -0.2) is 73.0 Å². The van der Waals surface area contributed by atoms with Gasteiger partial charge in [0.2, 0.25) is 0 Å². The Balaban J connectivity index is 1.85. The topological polar surface area (TPSA) is 46.4 Å². The molecule has 120 valence electrons. The molecule has 1 aromatic rings. The zero-order valence-corrected chi connectivity index (χ0v) is 14.0. The van der Waals surface area contributed by atoms with Gasteiger partial charge in [-0.15, -0.1) is 0 Å². The summed E-state index contributed by atoms with van der Waals surface area (Å²) >= 11 is 0. The Labute approximate surface area is 134 Å². The third-order valence-electron chi connectivity index (χ3n) is 4.22. The SMILES string of the molecule is CCc1ncc(CN2CCN(CCN(C)C)CC2)cc1C#N. The van der Waals surface area contributed by atoms with Crippen LogP contribution in [0.15, 0.2) is 12.3 Å². The van der Waals surface area contributed by atoms with Crippen LogP contribution in [0.1, 0.15) is 23.7 Å². The molecular formula is C17H27N5. The summed E-state index contributed by atoms with van der Waals surface area (Å²) in [6.07, 6.45) is 2.74. The Morgan fingerprint density at radius 3 is 2.50 bits per heavy atom. The standard InChI is InChI=1S/C17H27N5/c1-4-17-16(12-18)11-15(13-19-17)14-22-9-7-21(8-10-22)6-5-20(2)3/h11,13H,4-10,14H2,1-3H3. The van der Waals surface area contributed by atoms with Crippen LogP contribution >= 0.6 is 0 Å². The van der Waals surface area contributed by atoms with E-state index in [9.17, 15) is 5.26 Å². The second kappa shape index (κ2) is 8.23. The van der Waals surface area contributed by atoms with Gasteiger partial charge in [-0.05, 0) is 32.1 Å². The number of rotatable bonds is 6. The lowest BCUT2D eigenvalue weighted by atomic mass is 10.1.